The zero-order chi connectivity index (χ0) is 12.1. The minimum atomic E-state index is 0.680. The number of hydrogen-bond acceptors (Lipinski definition) is 4. The third-order valence-electron chi connectivity index (χ3n) is 2.31. The van der Waals surface area contributed by atoms with Crippen LogP contribution in [-0.4, -0.2) is 15.0 Å². The molecule has 4 nitrogen and oxygen atoms in total. The fraction of sp³-hybridized carbons (Fsp3) is 0.250. The van der Waals surface area contributed by atoms with Crippen molar-refractivity contribution in [1.82, 2.24) is 20.3 Å². The van der Waals surface area contributed by atoms with E-state index in [1.165, 1.54) is 0 Å². The normalized spacial score (nSPS) is 10.5. The van der Waals surface area contributed by atoms with Gasteiger partial charge in [0.1, 0.15) is 5.82 Å². The van der Waals surface area contributed by atoms with Crippen LogP contribution in [0.2, 0.25) is 5.02 Å². The maximum atomic E-state index is 6.00. The molecule has 0 aliphatic heterocycles. The van der Waals surface area contributed by atoms with E-state index in [-0.39, 0.29) is 0 Å². The van der Waals surface area contributed by atoms with Crippen LogP contribution in [0.1, 0.15) is 17.1 Å². The molecule has 0 spiro atoms. The molecule has 0 amide bonds. The maximum Gasteiger partial charge on any atom is 0.125 e. The van der Waals surface area contributed by atoms with Crippen molar-refractivity contribution in [3.8, 4) is 0 Å². The molecule has 0 saturated heterocycles. The number of hydrogen-bond donors (Lipinski definition) is 1. The highest BCUT2D eigenvalue weighted by molar-refractivity contribution is 6.31. The average molecular weight is 249 g/mol. The van der Waals surface area contributed by atoms with Crippen LogP contribution in [0.4, 0.5) is 0 Å². The molecule has 0 saturated carbocycles. The van der Waals surface area contributed by atoms with E-state index >= 15 is 0 Å². The first-order valence-corrected chi connectivity index (χ1v) is 5.71. The summed E-state index contributed by atoms with van der Waals surface area (Å²) in [5.74, 6) is 0.784. The van der Waals surface area contributed by atoms with Crippen LogP contribution >= 0.6 is 11.6 Å². The number of aryl methyl sites for hydroxylation is 1. The minimum absolute atomic E-state index is 0.680. The number of nitrogens with one attached hydrogen (secondary N) is 1. The Bertz CT molecular complexity index is 501. The Kier molecular flexibility index (Phi) is 4.01. The standard InChI is InChI=1S/C12H13ClN4/c1-9-16-5-3-11(17-9)7-15-6-10-2-4-14-8-12(10)13/h2-5,8,15H,6-7H2,1H3. The Hall–Kier alpha value is -1.52. The molecule has 0 unspecified atom stereocenters. The lowest BCUT2D eigenvalue weighted by Gasteiger charge is -2.06. The molecule has 0 radical (unpaired) electrons. The second-order valence-electron chi connectivity index (χ2n) is 3.67. The first-order chi connectivity index (χ1) is 8.25. The largest absolute Gasteiger partial charge is 0.307 e. The SMILES string of the molecule is Cc1nccc(CNCc2ccncc2Cl)n1. The smallest absolute Gasteiger partial charge is 0.125 e. The molecule has 0 atom stereocenters. The Balaban J connectivity index is 1.90. The van der Waals surface area contributed by atoms with Gasteiger partial charge in [0.05, 0.1) is 10.7 Å². The Morgan fingerprint density at radius 2 is 2.12 bits per heavy atom. The van der Waals surface area contributed by atoms with Crippen LogP contribution in [0.5, 0.6) is 0 Å². The van der Waals surface area contributed by atoms with Gasteiger partial charge < -0.3 is 5.32 Å². The predicted molar refractivity (Wildman–Crippen MR) is 66.6 cm³/mol. The first kappa shape index (κ1) is 12.0. The molecule has 0 aromatic carbocycles. The van der Waals surface area contributed by atoms with Gasteiger partial charge in [-0.25, -0.2) is 9.97 Å². The zero-order valence-electron chi connectivity index (χ0n) is 9.52. The summed E-state index contributed by atoms with van der Waals surface area (Å²) in [7, 11) is 0. The van der Waals surface area contributed by atoms with Gasteiger partial charge in [0.2, 0.25) is 0 Å². The van der Waals surface area contributed by atoms with Gasteiger partial charge in [0.15, 0.2) is 0 Å². The van der Waals surface area contributed by atoms with Crippen LogP contribution in [0, 0.1) is 6.92 Å². The van der Waals surface area contributed by atoms with Crippen molar-refractivity contribution < 1.29 is 0 Å². The van der Waals surface area contributed by atoms with Gasteiger partial charge in [-0.05, 0) is 24.6 Å². The predicted octanol–water partition coefficient (Wildman–Crippen LogP) is 2.12. The van der Waals surface area contributed by atoms with E-state index in [9.17, 15) is 0 Å². The van der Waals surface area contributed by atoms with E-state index in [4.69, 9.17) is 11.6 Å². The molecule has 5 heteroatoms. The average Bonchev–Trinajstić information content (AvgIpc) is 2.32. The van der Waals surface area contributed by atoms with Crippen molar-refractivity contribution in [2.75, 3.05) is 0 Å². The molecule has 2 rings (SSSR count). The topological polar surface area (TPSA) is 50.7 Å². The van der Waals surface area contributed by atoms with Crippen LogP contribution in [0.25, 0.3) is 0 Å². The monoisotopic (exact) mass is 248 g/mol. The van der Waals surface area contributed by atoms with E-state index in [0.717, 1.165) is 17.1 Å². The molecule has 17 heavy (non-hydrogen) atoms. The third kappa shape index (κ3) is 3.47. The zero-order valence-corrected chi connectivity index (χ0v) is 10.3. The molecule has 0 aliphatic rings. The maximum absolute atomic E-state index is 6.00. The number of pyridine rings is 1. The van der Waals surface area contributed by atoms with Gasteiger partial charge in [-0.3, -0.25) is 4.98 Å². The van der Waals surface area contributed by atoms with E-state index < -0.39 is 0 Å². The van der Waals surface area contributed by atoms with E-state index in [1.807, 2.05) is 19.1 Å². The van der Waals surface area contributed by atoms with Gasteiger partial charge in [-0.1, -0.05) is 11.6 Å². The van der Waals surface area contributed by atoms with Crippen LogP contribution in [-0.2, 0) is 13.1 Å². The summed E-state index contributed by atoms with van der Waals surface area (Å²) in [4.78, 5) is 12.3. The van der Waals surface area contributed by atoms with Crippen LogP contribution < -0.4 is 5.32 Å². The Labute approximate surface area is 105 Å². The Morgan fingerprint density at radius 1 is 1.24 bits per heavy atom. The molecule has 0 bridgehead atoms. The lowest BCUT2D eigenvalue weighted by molar-refractivity contribution is 0.674. The summed E-state index contributed by atoms with van der Waals surface area (Å²) in [6, 6.07) is 3.80. The number of rotatable bonds is 4. The fourth-order valence-electron chi connectivity index (χ4n) is 1.48. The lowest BCUT2D eigenvalue weighted by Crippen LogP contribution is -2.14. The number of aromatic nitrogens is 3. The number of nitrogens with zero attached hydrogens (tertiary/aromatic N) is 3. The molecule has 2 aromatic heterocycles. The van der Waals surface area contributed by atoms with Crippen molar-refractivity contribution in [1.29, 1.82) is 0 Å². The van der Waals surface area contributed by atoms with Crippen molar-refractivity contribution in [2.24, 2.45) is 0 Å². The van der Waals surface area contributed by atoms with Crippen LogP contribution in [0.3, 0.4) is 0 Å². The van der Waals surface area contributed by atoms with Gasteiger partial charge in [-0.2, -0.15) is 0 Å². The molecule has 2 heterocycles. The molecule has 1 N–H and O–H groups in total. The van der Waals surface area contributed by atoms with Gasteiger partial charge in [0, 0.05) is 31.7 Å². The number of halogens is 1. The fourth-order valence-corrected chi connectivity index (χ4v) is 1.66. The van der Waals surface area contributed by atoms with Gasteiger partial charge >= 0.3 is 0 Å². The summed E-state index contributed by atoms with van der Waals surface area (Å²) >= 11 is 6.00. The van der Waals surface area contributed by atoms with Crippen molar-refractivity contribution in [2.45, 2.75) is 20.0 Å². The van der Waals surface area contributed by atoms with E-state index in [1.54, 1.807) is 18.6 Å². The Morgan fingerprint density at radius 3 is 2.88 bits per heavy atom. The quantitative estimate of drug-likeness (QED) is 0.901. The van der Waals surface area contributed by atoms with Crippen molar-refractivity contribution >= 4 is 11.6 Å². The van der Waals surface area contributed by atoms with E-state index in [2.05, 4.69) is 20.3 Å². The van der Waals surface area contributed by atoms with Crippen molar-refractivity contribution in [3.05, 3.63) is 52.8 Å². The summed E-state index contributed by atoms with van der Waals surface area (Å²) < 4.78 is 0. The second-order valence-corrected chi connectivity index (χ2v) is 4.07. The highest BCUT2D eigenvalue weighted by atomic mass is 35.5. The molecule has 88 valence electrons. The molecule has 2 aromatic rings. The van der Waals surface area contributed by atoms with E-state index in [0.29, 0.717) is 18.1 Å². The summed E-state index contributed by atoms with van der Waals surface area (Å²) in [6.45, 7) is 3.27. The highest BCUT2D eigenvalue weighted by Crippen LogP contribution is 2.12. The third-order valence-corrected chi connectivity index (χ3v) is 2.65. The van der Waals surface area contributed by atoms with Gasteiger partial charge in [0.25, 0.3) is 0 Å². The molecular formula is C12H13ClN4. The molecule has 0 fully saturated rings. The lowest BCUT2D eigenvalue weighted by atomic mass is 10.2. The van der Waals surface area contributed by atoms with Crippen molar-refractivity contribution in [3.63, 3.8) is 0 Å². The molecular weight excluding hydrogens is 236 g/mol. The summed E-state index contributed by atoms with van der Waals surface area (Å²) in [6.07, 6.45) is 5.14. The summed E-state index contributed by atoms with van der Waals surface area (Å²) in [5.41, 5.74) is 2.01. The minimum Gasteiger partial charge on any atom is -0.307 e. The first-order valence-electron chi connectivity index (χ1n) is 5.33. The highest BCUT2D eigenvalue weighted by Gasteiger charge is 2.00. The summed E-state index contributed by atoms with van der Waals surface area (Å²) in [5, 5.41) is 3.96. The molecule has 0 aliphatic carbocycles. The van der Waals surface area contributed by atoms with Gasteiger partial charge in [-0.15, -0.1) is 0 Å². The second kappa shape index (κ2) is 5.70. The van der Waals surface area contributed by atoms with Crippen LogP contribution in [0.15, 0.2) is 30.7 Å².